The van der Waals surface area contributed by atoms with Crippen LogP contribution in [0.3, 0.4) is 0 Å². The van der Waals surface area contributed by atoms with Gasteiger partial charge < -0.3 is 9.84 Å². The Hall–Kier alpha value is -2.39. The standard InChI is InChI=1S/C18H17NO2/c1-12-7-13(2)9-16(8-12)21-18-15(11-20)10-14-5-3-4-6-17(14)19-18/h3-10,20H,11H2,1-2H3. The molecule has 0 bridgehead atoms. The van der Waals surface area contributed by atoms with Gasteiger partial charge in [0, 0.05) is 10.9 Å². The van der Waals surface area contributed by atoms with Crippen molar-refractivity contribution < 1.29 is 9.84 Å². The van der Waals surface area contributed by atoms with Crippen molar-refractivity contribution >= 4 is 10.9 Å². The maximum absolute atomic E-state index is 9.55. The summed E-state index contributed by atoms with van der Waals surface area (Å²) < 4.78 is 5.90. The number of fused-ring (bicyclic) bond motifs is 1. The molecule has 0 saturated carbocycles. The molecule has 21 heavy (non-hydrogen) atoms. The Bertz CT molecular complexity index is 776. The van der Waals surface area contributed by atoms with Gasteiger partial charge in [-0.2, -0.15) is 0 Å². The van der Waals surface area contributed by atoms with Gasteiger partial charge in [0.2, 0.25) is 5.88 Å². The van der Waals surface area contributed by atoms with Gasteiger partial charge in [-0.1, -0.05) is 24.3 Å². The molecule has 3 aromatic rings. The van der Waals surface area contributed by atoms with Crippen LogP contribution in [-0.2, 0) is 6.61 Å². The smallest absolute Gasteiger partial charge is 0.225 e. The summed E-state index contributed by atoms with van der Waals surface area (Å²) >= 11 is 0. The van der Waals surface area contributed by atoms with Crippen LogP contribution in [0, 0.1) is 13.8 Å². The van der Waals surface area contributed by atoms with E-state index in [0.717, 1.165) is 27.8 Å². The minimum absolute atomic E-state index is 0.0992. The monoisotopic (exact) mass is 279 g/mol. The number of hydrogen-bond acceptors (Lipinski definition) is 3. The van der Waals surface area contributed by atoms with Gasteiger partial charge in [-0.15, -0.1) is 0 Å². The van der Waals surface area contributed by atoms with Crippen molar-refractivity contribution in [2.24, 2.45) is 0 Å². The molecule has 1 aromatic heterocycles. The van der Waals surface area contributed by atoms with Crippen LogP contribution in [0.4, 0.5) is 0 Å². The molecular weight excluding hydrogens is 262 g/mol. The molecule has 0 atom stereocenters. The van der Waals surface area contributed by atoms with Crippen LogP contribution in [0.15, 0.2) is 48.5 Å². The average Bonchev–Trinajstić information content (AvgIpc) is 2.45. The maximum Gasteiger partial charge on any atom is 0.225 e. The van der Waals surface area contributed by atoms with Gasteiger partial charge in [0.05, 0.1) is 12.1 Å². The van der Waals surface area contributed by atoms with Crippen molar-refractivity contribution in [3.05, 3.63) is 65.2 Å². The van der Waals surface area contributed by atoms with Gasteiger partial charge in [0.15, 0.2) is 0 Å². The molecule has 2 aromatic carbocycles. The fourth-order valence-electron chi connectivity index (χ4n) is 2.45. The summed E-state index contributed by atoms with van der Waals surface area (Å²) in [5, 5.41) is 10.5. The van der Waals surface area contributed by atoms with Crippen LogP contribution in [0.25, 0.3) is 10.9 Å². The lowest BCUT2D eigenvalue weighted by Gasteiger charge is -2.11. The van der Waals surface area contributed by atoms with E-state index in [9.17, 15) is 5.11 Å². The highest BCUT2D eigenvalue weighted by molar-refractivity contribution is 5.80. The van der Waals surface area contributed by atoms with Gasteiger partial charge in [-0.3, -0.25) is 0 Å². The number of para-hydroxylation sites is 1. The molecule has 3 heteroatoms. The molecule has 0 aliphatic carbocycles. The maximum atomic E-state index is 9.55. The SMILES string of the molecule is Cc1cc(C)cc(Oc2nc3ccccc3cc2CO)c1. The summed E-state index contributed by atoms with van der Waals surface area (Å²) in [6.07, 6.45) is 0. The summed E-state index contributed by atoms with van der Waals surface area (Å²) in [5.41, 5.74) is 3.81. The van der Waals surface area contributed by atoms with E-state index in [2.05, 4.69) is 11.1 Å². The first-order chi connectivity index (χ1) is 10.2. The zero-order chi connectivity index (χ0) is 14.8. The summed E-state index contributed by atoms with van der Waals surface area (Å²) in [6, 6.07) is 15.7. The molecule has 0 fully saturated rings. The predicted molar refractivity (Wildman–Crippen MR) is 83.7 cm³/mol. The van der Waals surface area contributed by atoms with Crippen molar-refractivity contribution in [1.82, 2.24) is 4.98 Å². The minimum Gasteiger partial charge on any atom is -0.439 e. The second-order valence-electron chi connectivity index (χ2n) is 5.23. The molecule has 0 radical (unpaired) electrons. The zero-order valence-electron chi connectivity index (χ0n) is 12.1. The van der Waals surface area contributed by atoms with Crippen LogP contribution >= 0.6 is 0 Å². The number of rotatable bonds is 3. The Balaban J connectivity index is 2.06. The second-order valence-corrected chi connectivity index (χ2v) is 5.23. The molecule has 0 aliphatic heterocycles. The van der Waals surface area contributed by atoms with Gasteiger partial charge in [-0.25, -0.2) is 4.98 Å². The molecule has 3 nitrogen and oxygen atoms in total. The first-order valence-corrected chi connectivity index (χ1v) is 6.91. The molecule has 1 N–H and O–H groups in total. The fourth-order valence-corrected chi connectivity index (χ4v) is 2.45. The summed E-state index contributed by atoms with van der Waals surface area (Å²) in [4.78, 5) is 4.52. The molecule has 1 heterocycles. The zero-order valence-corrected chi connectivity index (χ0v) is 12.1. The Morgan fingerprint density at radius 1 is 1.00 bits per heavy atom. The largest absolute Gasteiger partial charge is 0.439 e. The van der Waals surface area contributed by atoms with Crippen LogP contribution in [-0.4, -0.2) is 10.1 Å². The lowest BCUT2D eigenvalue weighted by atomic mass is 10.1. The van der Waals surface area contributed by atoms with E-state index in [1.807, 2.05) is 56.3 Å². The number of aryl methyl sites for hydroxylation is 2. The van der Waals surface area contributed by atoms with Gasteiger partial charge in [-0.05, 0) is 49.2 Å². The van der Waals surface area contributed by atoms with Crippen molar-refractivity contribution in [3.63, 3.8) is 0 Å². The third-order valence-electron chi connectivity index (χ3n) is 3.34. The van der Waals surface area contributed by atoms with Crippen molar-refractivity contribution in [2.75, 3.05) is 0 Å². The lowest BCUT2D eigenvalue weighted by molar-refractivity contribution is 0.275. The third kappa shape index (κ3) is 2.88. The van der Waals surface area contributed by atoms with Crippen molar-refractivity contribution in [2.45, 2.75) is 20.5 Å². The number of pyridine rings is 1. The van der Waals surface area contributed by atoms with Gasteiger partial charge in [0.1, 0.15) is 5.75 Å². The van der Waals surface area contributed by atoms with Crippen LogP contribution < -0.4 is 4.74 Å². The van der Waals surface area contributed by atoms with Crippen LogP contribution in [0.2, 0.25) is 0 Å². The number of benzene rings is 2. The fraction of sp³-hybridized carbons (Fsp3) is 0.167. The van der Waals surface area contributed by atoms with E-state index in [1.165, 1.54) is 0 Å². The van der Waals surface area contributed by atoms with E-state index < -0.39 is 0 Å². The third-order valence-corrected chi connectivity index (χ3v) is 3.34. The molecular formula is C18H17NO2. The molecule has 3 rings (SSSR count). The number of nitrogens with zero attached hydrogens (tertiary/aromatic N) is 1. The Morgan fingerprint density at radius 3 is 2.43 bits per heavy atom. The molecule has 0 saturated heterocycles. The Kier molecular flexibility index (Phi) is 3.59. The topological polar surface area (TPSA) is 42.4 Å². The highest BCUT2D eigenvalue weighted by Gasteiger charge is 2.09. The molecule has 106 valence electrons. The van der Waals surface area contributed by atoms with E-state index in [0.29, 0.717) is 11.4 Å². The van der Waals surface area contributed by atoms with Crippen molar-refractivity contribution in [3.8, 4) is 11.6 Å². The highest BCUT2D eigenvalue weighted by atomic mass is 16.5. The van der Waals surface area contributed by atoms with Gasteiger partial charge >= 0.3 is 0 Å². The van der Waals surface area contributed by atoms with Crippen LogP contribution in [0.1, 0.15) is 16.7 Å². The number of aliphatic hydroxyl groups is 1. The predicted octanol–water partition coefficient (Wildman–Crippen LogP) is 4.14. The molecule has 0 unspecified atom stereocenters. The number of aromatic nitrogens is 1. The Morgan fingerprint density at radius 2 is 1.71 bits per heavy atom. The normalized spacial score (nSPS) is 10.8. The molecule has 0 amide bonds. The first-order valence-electron chi connectivity index (χ1n) is 6.91. The quantitative estimate of drug-likeness (QED) is 0.783. The van der Waals surface area contributed by atoms with Crippen molar-refractivity contribution in [1.29, 1.82) is 0 Å². The summed E-state index contributed by atoms with van der Waals surface area (Å²) in [6.45, 7) is 3.96. The highest BCUT2D eigenvalue weighted by Crippen LogP contribution is 2.28. The molecule has 0 aliphatic rings. The van der Waals surface area contributed by atoms with E-state index in [4.69, 9.17) is 4.74 Å². The van der Waals surface area contributed by atoms with E-state index in [-0.39, 0.29) is 6.61 Å². The second kappa shape index (κ2) is 5.54. The Labute approximate surface area is 123 Å². The number of aliphatic hydroxyl groups excluding tert-OH is 1. The number of hydrogen-bond donors (Lipinski definition) is 1. The summed E-state index contributed by atoms with van der Waals surface area (Å²) in [5.74, 6) is 1.20. The molecule has 0 spiro atoms. The minimum atomic E-state index is -0.0992. The van der Waals surface area contributed by atoms with Gasteiger partial charge in [0.25, 0.3) is 0 Å². The average molecular weight is 279 g/mol. The van der Waals surface area contributed by atoms with Crippen LogP contribution in [0.5, 0.6) is 11.6 Å². The lowest BCUT2D eigenvalue weighted by Crippen LogP contribution is -1.96. The van der Waals surface area contributed by atoms with E-state index >= 15 is 0 Å². The first kappa shape index (κ1) is 13.6. The summed E-state index contributed by atoms with van der Waals surface area (Å²) in [7, 11) is 0. The van der Waals surface area contributed by atoms with E-state index in [1.54, 1.807) is 0 Å². The number of ether oxygens (including phenoxy) is 1.